The summed E-state index contributed by atoms with van der Waals surface area (Å²) < 4.78 is 6.67. The van der Waals surface area contributed by atoms with Gasteiger partial charge in [0.2, 0.25) is 17.7 Å². The SMILES string of the molecule is NC(=O)c1ccc(-c2ccc3nc(Cc4nnc(NC5CCNC5=O)o4)sc3c2)cc1. The second kappa shape index (κ2) is 7.80. The molecule has 2 aromatic carbocycles. The Balaban J connectivity index is 1.32. The first kappa shape index (κ1) is 19.2. The molecule has 9 nitrogen and oxygen atoms in total. The van der Waals surface area contributed by atoms with Gasteiger partial charge in [-0.15, -0.1) is 16.4 Å². The lowest BCUT2D eigenvalue weighted by Crippen LogP contribution is -2.29. The van der Waals surface area contributed by atoms with E-state index in [2.05, 4.69) is 31.9 Å². The molecule has 1 aliphatic rings. The van der Waals surface area contributed by atoms with Gasteiger partial charge in [-0.05, 0) is 41.8 Å². The number of hydrogen-bond donors (Lipinski definition) is 3. The van der Waals surface area contributed by atoms with Crippen LogP contribution in [0.3, 0.4) is 0 Å². The van der Waals surface area contributed by atoms with E-state index in [1.165, 1.54) is 0 Å². The molecule has 1 fully saturated rings. The summed E-state index contributed by atoms with van der Waals surface area (Å²) in [5, 5.41) is 14.6. The average Bonchev–Trinajstić information content (AvgIpc) is 3.48. The summed E-state index contributed by atoms with van der Waals surface area (Å²) in [6, 6.07) is 13.1. The number of primary amides is 1. The molecule has 31 heavy (non-hydrogen) atoms. The summed E-state index contributed by atoms with van der Waals surface area (Å²) in [4.78, 5) is 27.6. The molecule has 1 unspecified atom stereocenters. The quantitative estimate of drug-likeness (QED) is 0.424. The summed E-state index contributed by atoms with van der Waals surface area (Å²) in [7, 11) is 0. The number of carbonyl (C=O) groups excluding carboxylic acids is 2. The first-order valence-corrected chi connectivity index (χ1v) is 10.5. The van der Waals surface area contributed by atoms with Crippen LogP contribution in [0.1, 0.15) is 27.7 Å². The van der Waals surface area contributed by atoms with Crippen molar-refractivity contribution in [1.29, 1.82) is 0 Å². The number of thiazole rings is 1. The van der Waals surface area contributed by atoms with Gasteiger partial charge in [0, 0.05) is 12.1 Å². The molecule has 10 heteroatoms. The van der Waals surface area contributed by atoms with Crippen molar-refractivity contribution < 1.29 is 14.0 Å². The van der Waals surface area contributed by atoms with Gasteiger partial charge >= 0.3 is 6.01 Å². The lowest BCUT2D eigenvalue weighted by molar-refractivity contribution is -0.119. The van der Waals surface area contributed by atoms with E-state index in [1.54, 1.807) is 23.5 Å². The molecule has 4 N–H and O–H groups in total. The lowest BCUT2D eigenvalue weighted by atomic mass is 10.0. The number of aromatic nitrogens is 3. The van der Waals surface area contributed by atoms with Crippen LogP contribution in [0.2, 0.25) is 0 Å². The molecule has 3 heterocycles. The molecule has 1 saturated heterocycles. The number of amides is 2. The Morgan fingerprint density at radius 3 is 2.74 bits per heavy atom. The predicted octanol–water partition coefficient (Wildman–Crippen LogP) is 2.34. The fraction of sp³-hybridized carbons (Fsp3) is 0.190. The van der Waals surface area contributed by atoms with E-state index in [0.29, 0.717) is 30.8 Å². The number of fused-ring (bicyclic) bond motifs is 1. The molecule has 4 aromatic rings. The molecule has 0 saturated carbocycles. The van der Waals surface area contributed by atoms with Gasteiger partial charge < -0.3 is 20.8 Å². The van der Waals surface area contributed by atoms with Crippen molar-refractivity contribution >= 4 is 39.4 Å². The molecule has 1 atom stereocenters. The third-order valence-electron chi connectivity index (χ3n) is 5.05. The maximum absolute atomic E-state index is 11.7. The Hall–Kier alpha value is -3.79. The van der Waals surface area contributed by atoms with Crippen molar-refractivity contribution in [2.45, 2.75) is 18.9 Å². The number of benzene rings is 2. The van der Waals surface area contributed by atoms with E-state index in [1.807, 2.05) is 24.3 Å². The summed E-state index contributed by atoms with van der Waals surface area (Å²) in [5.74, 6) is -0.0757. The van der Waals surface area contributed by atoms with Gasteiger partial charge in [0.05, 0.1) is 16.6 Å². The Bertz CT molecular complexity index is 1280. The van der Waals surface area contributed by atoms with Crippen LogP contribution in [-0.4, -0.2) is 39.6 Å². The van der Waals surface area contributed by atoms with Crippen LogP contribution in [-0.2, 0) is 11.2 Å². The highest BCUT2D eigenvalue weighted by molar-refractivity contribution is 7.18. The smallest absolute Gasteiger partial charge is 0.316 e. The molecule has 0 radical (unpaired) electrons. The van der Waals surface area contributed by atoms with E-state index in [9.17, 15) is 9.59 Å². The Kier molecular flexibility index (Phi) is 4.83. The van der Waals surface area contributed by atoms with Crippen LogP contribution in [0, 0.1) is 0 Å². The monoisotopic (exact) mass is 434 g/mol. The number of nitrogens with one attached hydrogen (secondary N) is 2. The molecule has 0 spiro atoms. The number of carbonyl (C=O) groups is 2. The van der Waals surface area contributed by atoms with Gasteiger partial charge in [0.1, 0.15) is 11.0 Å². The highest BCUT2D eigenvalue weighted by Gasteiger charge is 2.25. The van der Waals surface area contributed by atoms with Gasteiger partial charge in [0.15, 0.2) is 0 Å². The van der Waals surface area contributed by atoms with Crippen LogP contribution in [0.25, 0.3) is 21.3 Å². The van der Waals surface area contributed by atoms with Crippen molar-refractivity contribution in [2.75, 3.05) is 11.9 Å². The van der Waals surface area contributed by atoms with Gasteiger partial charge in [-0.2, -0.15) is 0 Å². The Morgan fingerprint density at radius 2 is 2.00 bits per heavy atom. The minimum Gasteiger partial charge on any atom is -0.408 e. The Morgan fingerprint density at radius 1 is 1.19 bits per heavy atom. The van der Waals surface area contributed by atoms with Crippen molar-refractivity contribution in [3.8, 4) is 11.1 Å². The third kappa shape index (κ3) is 3.97. The fourth-order valence-corrected chi connectivity index (χ4v) is 4.45. The van der Waals surface area contributed by atoms with Gasteiger partial charge in [-0.3, -0.25) is 9.59 Å². The molecule has 0 bridgehead atoms. The van der Waals surface area contributed by atoms with Crippen molar-refractivity contribution in [3.63, 3.8) is 0 Å². The van der Waals surface area contributed by atoms with E-state index >= 15 is 0 Å². The number of nitrogens with zero attached hydrogens (tertiary/aromatic N) is 3. The van der Waals surface area contributed by atoms with Crippen LogP contribution in [0.5, 0.6) is 0 Å². The standard InChI is InChI=1S/C21H18N6O3S/c22-19(28)12-3-1-11(2-4-12)13-5-6-14-16(9-13)31-18(24-14)10-17-26-27-21(30-17)25-15-7-8-23-20(15)29/h1-6,9,15H,7-8,10H2,(H2,22,28)(H,23,29)(H,25,27). The number of nitrogens with two attached hydrogens (primary N) is 1. The number of anilines is 1. The highest BCUT2D eigenvalue weighted by Crippen LogP contribution is 2.29. The van der Waals surface area contributed by atoms with E-state index in [0.717, 1.165) is 26.4 Å². The molecule has 1 aliphatic heterocycles. The number of hydrogen-bond acceptors (Lipinski definition) is 8. The van der Waals surface area contributed by atoms with E-state index < -0.39 is 5.91 Å². The molecular weight excluding hydrogens is 416 g/mol. The van der Waals surface area contributed by atoms with Crippen LogP contribution >= 0.6 is 11.3 Å². The summed E-state index contributed by atoms with van der Waals surface area (Å²) in [6.45, 7) is 0.639. The van der Waals surface area contributed by atoms with E-state index in [-0.39, 0.29) is 18.0 Å². The normalized spacial score (nSPS) is 15.9. The zero-order valence-corrected chi connectivity index (χ0v) is 17.1. The molecule has 5 rings (SSSR count). The summed E-state index contributed by atoms with van der Waals surface area (Å²) >= 11 is 1.55. The molecule has 156 valence electrons. The maximum atomic E-state index is 11.7. The van der Waals surface area contributed by atoms with Gasteiger partial charge in [0.25, 0.3) is 0 Å². The van der Waals surface area contributed by atoms with Crippen LogP contribution in [0.15, 0.2) is 46.9 Å². The minimum absolute atomic E-state index is 0.0639. The third-order valence-corrected chi connectivity index (χ3v) is 6.07. The van der Waals surface area contributed by atoms with E-state index in [4.69, 9.17) is 10.2 Å². The second-order valence-corrected chi connectivity index (χ2v) is 8.30. The van der Waals surface area contributed by atoms with Crippen molar-refractivity contribution in [2.24, 2.45) is 5.73 Å². The van der Waals surface area contributed by atoms with Crippen LogP contribution < -0.4 is 16.4 Å². The van der Waals surface area contributed by atoms with Crippen LogP contribution in [0.4, 0.5) is 6.01 Å². The second-order valence-electron chi connectivity index (χ2n) is 7.19. The zero-order valence-electron chi connectivity index (χ0n) is 16.3. The fourth-order valence-electron chi connectivity index (χ4n) is 3.45. The topological polar surface area (TPSA) is 136 Å². The average molecular weight is 434 g/mol. The Labute approximate surface area is 180 Å². The van der Waals surface area contributed by atoms with Crippen molar-refractivity contribution in [1.82, 2.24) is 20.5 Å². The molecule has 2 amide bonds. The zero-order chi connectivity index (χ0) is 21.4. The number of rotatable bonds is 6. The predicted molar refractivity (Wildman–Crippen MR) is 116 cm³/mol. The first-order chi connectivity index (χ1) is 15.0. The maximum Gasteiger partial charge on any atom is 0.316 e. The van der Waals surface area contributed by atoms with Gasteiger partial charge in [-0.1, -0.05) is 23.3 Å². The van der Waals surface area contributed by atoms with Crippen molar-refractivity contribution in [3.05, 3.63) is 58.9 Å². The largest absolute Gasteiger partial charge is 0.408 e. The first-order valence-electron chi connectivity index (χ1n) is 9.71. The molecule has 0 aliphatic carbocycles. The summed E-state index contributed by atoms with van der Waals surface area (Å²) in [6.07, 6.45) is 1.09. The minimum atomic E-state index is -0.444. The summed E-state index contributed by atoms with van der Waals surface area (Å²) in [5.41, 5.74) is 8.69. The van der Waals surface area contributed by atoms with Gasteiger partial charge in [-0.25, -0.2) is 4.98 Å². The highest BCUT2D eigenvalue weighted by atomic mass is 32.1. The lowest BCUT2D eigenvalue weighted by Gasteiger charge is -2.05. The molecular formula is C21H18N6O3S. The molecule has 2 aromatic heterocycles.